The lowest BCUT2D eigenvalue weighted by molar-refractivity contribution is 0.0646. The van der Waals surface area contributed by atoms with Crippen molar-refractivity contribution in [3.63, 3.8) is 0 Å². The molecule has 1 fully saturated rings. The van der Waals surface area contributed by atoms with Gasteiger partial charge in [0.15, 0.2) is 0 Å². The van der Waals surface area contributed by atoms with Crippen LogP contribution in [0, 0.1) is 0 Å². The molecule has 1 aliphatic rings. The molecule has 0 amide bonds. The quantitative estimate of drug-likeness (QED) is 0.923. The second kappa shape index (κ2) is 5.17. The molecule has 2 heterocycles. The van der Waals surface area contributed by atoms with Crippen LogP contribution >= 0.6 is 27.3 Å². The zero-order chi connectivity index (χ0) is 11.6. The fourth-order valence-corrected chi connectivity index (χ4v) is 3.68. The van der Waals surface area contributed by atoms with E-state index >= 15 is 0 Å². The molecule has 0 spiro atoms. The highest BCUT2D eigenvalue weighted by molar-refractivity contribution is 9.10. The first-order valence-corrected chi connectivity index (χ1v) is 7.50. The summed E-state index contributed by atoms with van der Waals surface area (Å²) in [5.41, 5.74) is 0.307. The van der Waals surface area contributed by atoms with E-state index in [1.807, 2.05) is 11.3 Å². The summed E-state index contributed by atoms with van der Waals surface area (Å²) in [5.74, 6) is 0. The van der Waals surface area contributed by atoms with Gasteiger partial charge in [0, 0.05) is 41.1 Å². The van der Waals surface area contributed by atoms with E-state index < -0.39 is 0 Å². The Morgan fingerprint density at radius 1 is 1.62 bits per heavy atom. The van der Waals surface area contributed by atoms with Crippen molar-refractivity contribution in [3.05, 3.63) is 20.8 Å². The van der Waals surface area contributed by atoms with Crippen molar-refractivity contribution in [3.8, 4) is 0 Å². The van der Waals surface area contributed by atoms with Gasteiger partial charge in [-0.25, -0.2) is 0 Å². The first-order chi connectivity index (χ1) is 7.65. The number of hydrogen-bond donors (Lipinski definition) is 1. The maximum absolute atomic E-state index is 3.62. The molecule has 16 heavy (non-hydrogen) atoms. The lowest BCUT2D eigenvalue weighted by Crippen LogP contribution is -2.58. The summed E-state index contributed by atoms with van der Waals surface area (Å²) in [7, 11) is 0. The maximum atomic E-state index is 3.62. The second-order valence-electron chi connectivity index (χ2n) is 4.64. The van der Waals surface area contributed by atoms with E-state index in [2.05, 4.69) is 51.4 Å². The second-order valence-corrected chi connectivity index (χ2v) is 6.50. The standard InChI is InChI=1S/C12H19BrN2S/c1-3-12(2)9-14-5-6-15(12)8-11-10(13)4-7-16-11/h4,7,14H,3,5-6,8-9H2,1-2H3. The van der Waals surface area contributed by atoms with Gasteiger partial charge in [0.2, 0.25) is 0 Å². The van der Waals surface area contributed by atoms with Crippen molar-refractivity contribution in [2.45, 2.75) is 32.4 Å². The minimum atomic E-state index is 0.307. The Hall–Kier alpha value is 0.100. The normalized spacial score (nSPS) is 27.2. The Balaban J connectivity index is 2.10. The molecule has 4 heteroatoms. The Morgan fingerprint density at radius 3 is 3.06 bits per heavy atom. The molecule has 0 radical (unpaired) electrons. The molecule has 0 saturated carbocycles. The maximum Gasteiger partial charge on any atom is 0.0345 e. The minimum Gasteiger partial charge on any atom is -0.314 e. The van der Waals surface area contributed by atoms with Crippen molar-refractivity contribution >= 4 is 27.3 Å². The zero-order valence-electron chi connectivity index (χ0n) is 9.92. The van der Waals surface area contributed by atoms with Gasteiger partial charge in [0.1, 0.15) is 0 Å². The van der Waals surface area contributed by atoms with Crippen LogP contribution in [0.25, 0.3) is 0 Å². The molecular weight excluding hydrogens is 284 g/mol. The predicted molar refractivity (Wildman–Crippen MR) is 74.0 cm³/mol. The molecule has 1 atom stereocenters. The van der Waals surface area contributed by atoms with E-state index in [0.717, 1.165) is 26.2 Å². The van der Waals surface area contributed by atoms with Gasteiger partial charge >= 0.3 is 0 Å². The van der Waals surface area contributed by atoms with Crippen LogP contribution < -0.4 is 5.32 Å². The third kappa shape index (κ3) is 2.50. The molecule has 1 aromatic heterocycles. The highest BCUT2D eigenvalue weighted by Crippen LogP contribution is 2.29. The molecule has 1 aliphatic heterocycles. The van der Waals surface area contributed by atoms with Gasteiger partial charge in [0.25, 0.3) is 0 Å². The monoisotopic (exact) mass is 302 g/mol. The molecule has 0 aliphatic carbocycles. The molecule has 1 aromatic rings. The summed E-state index contributed by atoms with van der Waals surface area (Å²) in [6.07, 6.45) is 1.20. The van der Waals surface area contributed by atoms with Crippen molar-refractivity contribution in [1.82, 2.24) is 10.2 Å². The summed E-state index contributed by atoms with van der Waals surface area (Å²) >= 11 is 5.47. The highest BCUT2D eigenvalue weighted by Gasteiger charge is 2.32. The summed E-state index contributed by atoms with van der Waals surface area (Å²) in [4.78, 5) is 4.06. The molecule has 2 rings (SSSR count). The number of halogens is 1. The van der Waals surface area contributed by atoms with Crippen LogP contribution in [0.4, 0.5) is 0 Å². The van der Waals surface area contributed by atoms with Crippen molar-refractivity contribution in [2.24, 2.45) is 0 Å². The topological polar surface area (TPSA) is 15.3 Å². The first kappa shape index (κ1) is 12.6. The van der Waals surface area contributed by atoms with E-state index in [1.54, 1.807) is 0 Å². The van der Waals surface area contributed by atoms with Crippen molar-refractivity contribution in [2.75, 3.05) is 19.6 Å². The fourth-order valence-electron chi connectivity index (χ4n) is 2.18. The van der Waals surface area contributed by atoms with Crippen LogP contribution in [-0.4, -0.2) is 30.1 Å². The zero-order valence-corrected chi connectivity index (χ0v) is 12.3. The molecule has 1 saturated heterocycles. The smallest absolute Gasteiger partial charge is 0.0345 e. The Morgan fingerprint density at radius 2 is 2.44 bits per heavy atom. The van der Waals surface area contributed by atoms with E-state index in [9.17, 15) is 0 Å². The lowest BCUT2D eigenvalue weighted by Gasteiger charge is -2.44. The van der Waals surface area contributed by atoms with Crippen LogP contribution in [0.15, 0.2) is 15.9 Å². The lowest BCUT2D eigenvalue weighted by atomic mass is 9.94. The van der Waals surface area contributed by atoms with Gasteiger partial charge in [0.05, 0.1) is 0 Å². The largest absolute Gasteiger partial charge is 0.314 e. The summed E-state index contributed by atoms with van der Waals surface area (Å²) in [6, 6.07) is 2.14. The summed E-state index contributed by atoms with van der Waals surface area (Å²) in [5, 5.41) is 5.66. The molecule has 90 valence electrons. The van der Waals surface area contributed by atoms with E-state index in [-0.39, 0.29) is 0 Å². The van der Waals surface area contributed by atoms with Crippen LogP contribution in [0.3, 0.4) is 0 Å². The first-order valence-electron chi connectivity index (χ1n) is 5.83. The predicted octanol–water partition coefficient (Wildman–Crippen LogP) is 3.08. The Bertz CT molecular complexity index is 353. The summed E-state index contributed by atoms with van der Waals surface area (Å²) < 4.78 is 1.26. The summed E-state index contributed by atoms with van der Waals surface area (Å²) in [6.45, 7) is 9.08. The minimum absolute atomic E-state index is 0.307. The highest BCUT2D eigenvalue weighted by atomic mass is 79.9. The number of nitrogens with one attached hydrogen (secondary N) is 1. The average Bonchev–Trinajstić information content (AvgIpc) is 2.68. The number of hydrogen-bond acceptors (Lipinski definition) is 3. The van der Waals surface area contributed by atoms with Crippen LogP contribution in [0.2, 0.25) is 0 Å². The van der Waals surface area contributed by atoms with Crippen LogP contribution in [0.1, 0.15) is 25.1 Å². The number of piperazine rings is 1. The molecular formula is C12H19BrN2S. The van der Waals surface area contributed by atoms with Gasteiger partial charge in [-0.1, -0.05) is 6.92 Å². The number of rotatable bonds is 3. The van der Waals surface area contributed by atoms with Gasteiger partial charge in [-0.3, -0.25) is 4.90 Å². The average molecular weight is 303 g/mol. The van der Waals surface area contributed by atoms with Gasteiger partial charge in [-0.2, -0.15) is 0 Å². The third-order valence-corrected chi connectivity index (χ3v) is 5.53. The van der Waals surface area contributed by atoms with E-state index in [0.29, 0.717) is 5.54 Å². The van der Waals surface area contributed by atoms with Gasteiger partial charge < -0.3 is 5.32 Å². The molecule has 1 unspecified atom stereocenters. The fraction of sp³-hybridized carbons (Fsp3) is 0.667. The van der Waals surface area contributed by atoms with E-state index in [4.69, 9.17) is 0 Å². The van der Waals surface area contributed by atoms with Crippen LogP contribution in [-0.2, 0) is 6.54 Å². The van der Waals surface area contributed by atoms with Crippen molar-refractivity contribution in [1.29, 1.82) is 0 Å². The van der Waals surface area contributed by atoms with Gasteiger partial charge in [-0.15, -0.1) is 11.3 Å². The Labute approximate surface area is 110 Å². The SMILES string of the molecule is CCC1(C)CNCCN1Cc1sccc1Br. The molecule has 1 N–H and O–H groups in total. The number of thiophene rings is 1. The Kier molecular flexibility index (Phi) is 4.06. The molecule has 0 bridgehead atoms. The molecule has 2 nitrogen and oxygen atoms in total. The van der Waals surface area contributed by atoms with Crippen LogP contribution in [0.5, 0.6) is 0 Å². The third-order valence-electron chi connectivity index (χ3n) is 3.61. The number of nitrogens with zero attached hydrogens (tertiary/aromatic N) is 1. The molecule has 0 aromatic carbocycles. The van der Waals surface area contributed by atoms with Crippen molar-refractivity contribution < 1.29 is 0 Å². The van der Waals surface area contributed by atoms with E-state index in [1.165, 1.54) is 15.8 Å². The van der Waals surface area contributed by atoms with Gasteiger partial charge in [-0.05, 0) is 40.7 Å².